The highest BCUT2D eigenvalue weighted by molar-refractivity contribution is 5.94. The van der Waals surface area contributed by atoms with Crippen LogP contribution in [0.2, 0.25) is 0 Å². The number of nitrogen functional groups attached to an aromatic ring is 1. The summed E-state index contributed by atoms with van der Waals surface area (Å²) in [4.78, 5) is 12.1. The fraction of sp³-hybridized carbons (Fsp3) is 0.0769. The molecule has 2 aromatic heterocycles. The van der Waals surface area contributed by atoms with Crippen LogP contribution in [-0.4, -0.2) is 37.4 Å². The molecular weight excluding hydrogens is 319 g/mol. The van der Waals surface area contributed by atoms with Crippen molar-refractivity contribution >= 4 is 17.9 Å². The number of nitrogens with two attached hydrogens (primary N) is 1. The maximum atomic E-state index is 13.4. The Labute approximate surface area is 134 Å². The molecule has 3 N–H and O–H groups in total. The summed E-state index contributed by atoms with van der Waals surface area (Å²) in [7, 11) is 0. The van der Waals surface area contributed by atoms with E-state index >= 15 is 0 Å². The Hall–Kier alpha value is -3.63. The molecule has 1 amide bonds. The Kier molecular flexibility index (Phi) is 3.97. The second kappa shape index (κ2) is 6.24. The number of carbonyl (C=O) groups is 1. The van der Waals surface area contributed by atoms with Crippen molar-refractivity contribution in [2.75, 3.05) is 5.73 Å². The Bertz CT molecular complexity index is 916. The first-order chi connectivity index (χ1) is 11.6. The van der Waals surface area contributed by atoms with Gasteiger partial charge < -0.3 is 5.73 Å². The molecule has 0 aliphatic heterocycles. The Morgan fingerprint density at radius 2 is 2.21 bits per heavy atom. The van der Waals surface area contributed by atoms with Crippen LogP contribution in [0.5, 0.6) is 0 Å². The molecular formula is C13H11FN8O2. The maximum absolute atomic E-state index is 13.4. The molecule has 11 heteroatoms. The zero-order valence-corrected chi connectivity index (χ0v) is 12.3. The molecule has 0 atom stereocenters. The number of nitrogens with zero attached hydrogens (tertiary/aromatic N) is 6. The number of hydrogen-bond donors (Lipinski definition) is 2. The van der Waals surface area contributed by atoms with Crippen LogP contribution in [0.1, 0.15) is 21.7 Å². The molecule has 122 valence electrons. The minimum Gasteiger partial charge on any atom is -0.378 e. The summed E-state index contributed by atoms with van der Waals surface area (Å²) in [5.74, 6) is -0.950. The van der Waals surface area contributed by atoms with Gasteiger partial charge in [0.15, 0.2) is 5.69 Å². The van der Waals surface area contributed by atoms with Gasteiger partial charge in [-0.3, -0.25) is 4.79 Å². The Morgan fingerprint density at radius 1 is 1.42 bits per heavy atom. The van der Waals surface area contributed by atoms with Crippen molar-refractivity contribution in [1.29, 1.82) is 0 Å². The topological polar surface area (TPSA) is 137 Å². The van der Waals surface area contributed by atoms with Crippen LogP contribution in [0, 0.1) is 12.7 Å². The first-order valence-electron chi connectivity index (χ1n) is 6.66. The van der Waals surface area contributed by atoms with Gasteiger partial charge in [0.25, 0.3) is 5.91 Å². The highest BCUT2D eigenvalue weighted by Crippen LogP contribution is 2.14. The van der Waals surface area contributed by atoms with Gasteiger partial charge in [-0.25, -0.2) is 14.4 Å². The summed E-state index contributed by atoms with van der Waals surface area (Å²) in [6.07, 6.45) is 1.19. The number of amides is 1. The third kappa shape index (κ3) is 2.82. The summed E-state index contributed by atoms with van der Waals surface area (Å²) in [5, 5.41) is 18.2. The predicted octanol–water partition coefficient (Wildman–Crippen LogP) is 0.444. The van der Waals surface area contributed by atoms with E-state index in [0.717, 1.165) is 0 Å². The number of aromatic nitrogens is 5. The van der Waals surface area contributed by atoms with Crippen LogP contribution in [0.4, 0.5) is 10.2 Å². The van der Waals surface area contributed by atoms with Gasteiger partial charge in [-0.15, -0.1) is 5.10 Å². The quantitative estimate of drug-likeness (QED) is 0.523. The number of carbonyl (C=O) groups excluding carboxylic acids is 1. The van der Waals surface area contributed by atoms with Crippen LogP contribution in [0.15, 0.2) is 34.0 Å². The summed E-state index contributed by atoms with van der Waals surface area (Å²) >= 11 is 0. The number of hydrazone groups is 1. The fourth-order valence-corrected chi connectivity index (χ4v) is 1.87. The number of nitrogens with one attached hydrogen (secondary N) is 1. The van der Waals surface area contributed by atoms with E-state index in [2.05, 4.69) is 35.8 Å². The lowest BCUT2D eigenvalue weighted by Crippen LogP contribution is -2.19. The third-order valence-corrected chi connectivity index (χ3v) is 3.08. The standard InChI is InChI=1S/C13H11FN8O2/c1-7-10(17-21-22(7)12-11(15)19-24-20-12)13(23)18-16-6-8-4-2-3-5-9(8)14/h2-6H,1H3,(H2,15,19)(H,18,23). The minimum atomic E-state index is -0.624. The van der Waals surface area contributed by atoms with E-state index in [0.29, 0.717) is 5.69 Å². The zero-order valence-electron chi connectivity index (χ0n) is 12.3. The molecule has 0 fully saturated rings. The average Bonchev–Trinajstić information content (AvgIpc) is 3.14. The minimum absolute atomic E-state index is 0.00286. The molecule has 0 saturated heterocycles. The average molecular weight is 330 g/mol. The zero-order chi connectivity index (χ0) is 17.1. The van der Waals surface area contributed by atoms with E-state index in [1.807, 2.05) is 0 Å². The van der Waals surface area contributed by atoms with Crippen LogP contribution in [-0.2, 0) is 0 Å². The number of halogens is 1. The Balaban J connectivity index is 1.76. The van der Waals surface area contributed by atoms with Crippen molar-refractivity contribution in [3.05, 3.63) is 47.0 Å². The number of rotatable bonds is 4. The van der Waals surface area contributed by atoms with Crippen LogP contribution >= 0.6 is 0 Å². The molecule has 24 heavy (non-hydrogen) atoms. The van der Waals surface area contributed by atoms with E-state index in [-0.39, 0.29) is 22.9 Å². The molecule has 0 aliphatic rings. The van der Waals surface area contributed by atoms with Crippen LogP contribution in [0.3, 0.4) is 0 Å². The van der Waals surface area contributed by atoms with Crippen molar-refractivity contribution < 1.29 is 13.8 Å². The summed E-state index contributed by atoms with van der Waals surface area (Å²) in [6, 6.07) is 6.01. The van der Waals surface area contributed by atoms with Gasteiger partial charge in [-0.1, -0.05) is 23.4 Å². The first kappa shape index (κ1) is 15.3. The van der Waals surface area contributed by atoms with Crippen LogP contribution < -0.4 is 11.2 Å². The number of benzene rings is 1. The van der Waals surface area contributed by atoms with Gasteiger partial charge in [0, 0.05) is 5.56 Å². The molecule has 1 aromatic carbocycles. The van der Waals surface area contributed by atoms with Crippen molar-refractivity contribution in [2.24, 2.45) is 5.10 Å². The molecule has 0 aliphatic carbocycles. The van der Waals surface area contributed by atoms with E-state index in [1.54, 1.807) is 19.1 Å². The highest BCUT2D eigenvalue weighted by atomic mass is 19.1. The van der Waals surface area contributed by atoms with Gasteiger partial charge >= 0.3 is 0 Å². The van der Waals surface area contributed by atoms with Gasteiger partial charge in [-0.2, -0.15) is 9.78 Å². The second-order valence-electron chi connectivity index (χ2n) is 4.63. The third-order valence-electron chi connectivity index (χ3n) is 3.08. The van der Waals surface area contributed by atoms with Crippen molar-refractivity contribution in [2.45, 2.75) is 6.92 Å². The van der Waals surface area contributed by atoms with Crippen molar-refractivity contribution in [3.63, 3.8) is 0 Å². The van der Waals surface area contributed by atoms with Crippen molar-refractivity contribution in [1.82, 2.24) is 30.7 Å². The fourth-order valence-electron chi connectivity index (χ4n) is 1.87. The van der Waals surface area contributed by atoms with Crippen LogP contribution in [0.25, 0.3) is 5.82 Å². The normalized spacial score (nSPS) is 11.1. The number of hydrogen-bond acceptors (Lipinski definition) is 8. The number of anilines is 1. The van der Waals surface area contributed by atoms with E-state index in [9.17, 15) is 9.18 Å². The maximum Gasteiger partial charge on any atom is 0.293 e. The van der Waals surface area contributed by atoms with Gasteiger partial charge in [0.2, 0.25) is 11.6 Å². The van der Waals surface area contributed by atoms with E-state index in [4.69, 9.17) is 5.73 Å². The molecule has 0 spiro atoms. The van der Waals surface area contributed by atoms with Crippen molar-refractivity contribution in [3.8, 4) is 5.82 Å². The molecule has 10 nitrogen and oxygen atoms in total. The van der Waals surface area contributed by atoms with Gasteiger partial charge in [0.05, 0.1) is 11.9 Å². The molecule has 0 saturated carbocycles. The summed E-state index contributed by atoms with van der Waals surface area (Å²) < 4.78 is 19.1. The SMILES string of the molecule is Cc1c(C(=O)NN=Cc2ccccc2F)nnn1-c1nonc1N. The molecule has 2 heterocycles. The Morgan fingerprint density at radius 3 is 2.92 bits per heavy atom. The lowest BCUT2D eigenvalue weighted by atomic mass is 10.2. The predicted molar refractivity (Wildman–Crippen MR) is 79.8 cm³/mol. The van der Waals surface area contributed by atoms with Gasteiger partial charge in [0.1, 0.15) is 5.82 Å². The largest absolute Gasteiger partial charge is 0.378 e. The molecule has 3 rings (SSSR count). The molecule has 3 aromatic rings. The molecule has 0 bridgehead atoms. The smallest absolute Gasteiger partial charge is 0.293 e. The van der Waals surface area contributed by atoms with E-state index in [1.165, 1.54) is 23.0 Å². The summed E-state index contributed by atoms with van der Waals surface area (Å²) in [6.45, 7) is 1.59. The monoisotopic (exact) mass is 330 g/mol. The molecule has 0 unspecified atom stereocenters. The molecule has 0 radical (unpaired) electrons. The first-order valence-corrected chi connectivity index (χ1v) is 6.66. The summed E-state index contributed by atoms with van der Waals surface area (Å²) in [5.41, 5.74) is 8.41. The lowest BCUT2D eigenvalue weighted by Gasteiger charge is -1.99. The van der Waals surface area contributed by atoms with Gasteiger partial charge in [-0.05, 0) is 23.3 Å². The highest BCUT2D eigenvalue weighted by Gasteiger charge is 2.20. The lowest BCUT2D eigenvalue weighted by molar-refractivity contribution is 0.0949. The van der Waals surface area contributed by atoms with E-state index < -0.39 is 11.7 Å². The second-order valence-corrected chi connectivity index (χ2v) is 4.63.